The number of esters is 4. The van der Waals surface area contributed by atoms with Crippen molar-refractivity contribution in [1.29, 1.82) is 0 Å². The second-order valence-electron chi connectivity index (χ2n) is 28.5. The Labute approximate surface area is 588 Å². The fraction of sp³-hybridized carbons (Fsp3) is 0.948. The van der Waals surface area contributed by atoms with E-state index in [2.05, 4.69) is 41.5 Å². The molecule has 0 aromatic carbocycles. The number of phosphoric ester groups is 2. The monoisotopic (exact) mass is 1410 g/mol. The summed E-state index contributed by atoms with van der Waals surface area (Å²) in [6.45, 7) is 9.57. The van der Waals surface area contributed by atoms with Gasteiger partial charge in [-0.25, -0.2) is 9.13 Å². The lowest BCUT2D eigenvalue weighted by Gasteiger charge is -2.21. The van der Waals surface area contributed by atoms with Crippen molar-refractivity contribution in [3.63, 3.8) is 0 Å². The molecule has 0 aromatic heterocycles. The van der Waals surface area contributed by atoms with Gasteiger partial charge in [-0.1, -0.05) is 350 Å². The number of rotatable bonds is 76. The fourth-order valence-corrected chi connectivity index (χ4v) is 13.4. The van der Waals surface area contributed by atoms with Crippen LogP contribution in [0.1, 0.15) is 401 Å². The molecule has 0 aromatic rings. The quantitative estimate of drug-likeness (QED) is 0.0222. The second kappa shape index (κ2) is 68.8. The van der Waals surface area contributed by atoms with Crippen LogP contribution in [0.4, 0.5) is 0 Å². The molecule has 3 unspecified atom stereocenters. The van der Waals surface area contributed by atoms with Crippen molar-refractivity contribution in [2.24, 2.45) is 11.8 Å². The third-order valence-electron chi connectivity index (χ3n) is 18.3. The Bertz CT molecular complexity index is 1860. The van der Waals surface area contributed by atoms with E-state index in [1.165, 1.54) is 205 Å². The van der Waals surface area contributed by atoms with E-state index < -0.39 is 97.5 Å². The summed E-state index contributed by atoms with van der Waals surface area (Å²) in [6, 6.07) is 0. The molecule has 0 saturated heterocycles. The zero-order chi connectivity index (χ0) is 70.7. The van der Waals surface area contributed by atoms with Gasteiger partial charge in [0.05, 0.1) is 26.4 Å². The van der Waals surface area contributed by atoms with Gasteiger partial charge in [0.25, 0.3) is 0 Å². The van der Waals surface area contributed by atoms with Crippen molar-refractivity contribution in [2.45, 2.75) is 419 Å². The summed E-state index contributed by atoms with van der Waals surface area (Å²) in [4.78, 5) is 72.7. The van der Waals surface area contributed by atoms with Gasteiger partial charge in [-0.15, -0.1) is 0 Å². The number of ether oxygens (including phenoxy) is 4. The largest absolute Gasteiger partial charge is 0.472 e. The van der Waals surface area contributed by atoms with Crippen LogP contribution >= 0.6 is 15.6 Å². The van der Waals surface area contributed by atoms with Crippen LogP contribution in [0.3, 0.4) is 0 Å². The Hall–Kier alpha value is -1.94. The zero-order valence-corrected chi connectivity index (χ0v) is 64.5. The molecule has 0 spiro atoms. The van der Waals surface area contributed by atoms with Crippen LogP contribution in [-0.4, -0.2) is 96.7 Å². The van der Waals surface area contributed by atoms with E-state index in [9.17, 15) is 43.2 Å². The molecule has 0 radical (unpaired) electrons. The third-order valence-corrected chi connectivity index (χ3v) is 20.2. The van der Waals surface area contributed by atoms with Crippen LogP contribution in [-0.2, 0) is 65.4 Å². The summed E-state index contributed by atoms with van der Waals surface area (Å²) in [5.74, 6) is -0.553. The highest BCUT2D eigenvalue weighted by atomic mass is 31.2. The van der Waals surface area contributed by atoms with Crippen LogP contribution in [0.25, 0.3) is 0 Å². The molecule has 6 atom stereocenters. The Morgan fingerprint density at radius 2 is 0.531 bits per heavy atom. The summed E-state index contributed by atoms with van der Waals surface area (Å²) in [7, 11) is -9.91. The Morgan fingerprint density at radius 3 is 0.792 bits per heavy atom. The molecule has 0 heterocycles. The summed E-state index contributed by atoms with van der Waals surface area (Å²) < 4.78 is 68.4. The molecule has 0 aliphatic rings. The minimum Gasteiger partial charge on any atom is -0.462 e. The van der Waals surface area contributed by atoms with Crippen LogP contribution in [0.15, 0.2) is 0 Å². The van der Waals surface area contributed by atoms with Gasteiger partial charge in [0, 0.05) is 25.7 Å². The van der Waals surface area contributed by atoms with Gasteiger partial charge in [-0.05, 0) is 37.5 Å². The molecular formula is C77H150O17P2. The second-order valence-corrected chi connectivity index (χ2v) is 31.4. The van der Waals surface area contributed by atoms with Gasteiger partial charge in [-0.2, -0.15) is 0 Å². The van der Waals surface area contributed by atoms with E-state index in [-0.39, 0.29) is 25.7 Å². The average molecular weight is 1410 g/mol. The number of unbranched alkanes of at least 4 members (excludes halogenated alkanes) is 45. The molecule has 0 amide bonds. The van der Waals surface area contributed by atoms with E-state index in [0.29, 0.717) is 25.7 Å². The Kier molecular flexibility index (Phi) is 67.4. The van der Waals surface area contributed by atoms with E-state index in [1.54, 1.807) is 0 Å². The molecule has 3 N–H and O–H groups in total. The SMILES string of the molecule is CCCCCCCCCCCCCCCCCCCCCCC(=O)O[C@H](COC(=O)CCCCCCCCCCCCCCCCC(C)CC)COP(=O)(O)OC[C@@H](O)COP(=O)(O)OC[C@@H](COC(=O)CCCCCCCCC)OC(=O)CCCCCCCCCCC(C)C. The van der Waals surface area contributed by atoms with Gasteiger partial charge < -0.3 is 33.8 Å². The third kappa shape index (κ3) is 69.2. The molecule has 0 aliphatic heterocycles. The van der Waals surface area contributed by atoms with Crippen LogP contribution in [0.5, 0.6) is 0 Å². The molecule has 570 valence electrons. The van der Waals surface area contributed by atoms with Crippen molar-refractivity contribution in [3.05, 3.63) is 0 Å². The predicted octanol–water partition coefficient (Wildman–Crippen LogP) is 22.7. The number of hydrogen-bond donors (Lipinski definition) is 3. The maximum atomic E-state index is 13.1. The fourth-order valence-electron chi connectivity index (χ4n) is 11.8. The number of phosphoric acid groups is 2. The first-order chi connectivity index (χ1) is 46.4. The normalized spacial score (nSPS) is 14.3. The van der Waals surface area contributed by atoms with Crippen molar-refractivity contribution < 1.29 is 80.2 Å². The van der Waals surface area contributed by atoms with Crippen molar-refractivity contribution >= 4 is 39.5 Å². The molecule has 0 fully saturated rings. The van der Waals surface area contributed by atoms with Gasteiger partial charge in [0.2, 0.25) is 0 Å². The lowest BCUT2D eigenvalue weighted by atomic mass is 9.99. The van der Waals surface area contributed by atoms with Crippen LogP contribution in [0, 0.1) is 11.8 Å². The highest BCUT2D eigenvalue weighted by Gasteiger charge is 2.30. The number of aliphatic hydroxyl groups is 1. The summed E-state index contributed by atoms with van der Waals surface area (Å²) >= 11 is 0. The van der Waals surface area contributed by atoms with Gasteiger partial charge >= 0.3 is 39.5 Å². The maximum absolute atomic E-state index is 13.1. The highest BCUT2D eigenvalue weighted by Crippen LogP contribution is 2.45. The number of hydrogen-bond acceptors (Lipinski definition) is 15. The van der Waals surface area contributed by atoms with Crippen LogP contribution in [0.2, 0.25) is 0 Å². The first-order valence-electron chi connectivity index (χ1n) is 40.0. The van der Waals surface area contributed by atoms with Crippen LogP contribution < -0.4 is 0 Å². The summed E-state index contributed by atoms with van der Waals surface area (Å²) in [5, 5.41) is 10.6. The number of carbonyl (C=O) groups excluding carboxylic acids is 4. The minimum absolute atomic E-state index is 0.104. The molecular weight excluding hydrogens is 1260 g/mol. The van der Waals surface area contributed by atoms with Gasteiger partial charge in [0.1, 0.15) is 19.3 Å². The van der Waals surface area contributed by atoms with E-state index >= 15 is 0 Å². The minimum atomic E-state index is -4.96. The zero-order valence-electron chi connectivity index (χ0n) is 62.7. The van der Waals surface area contributed by atoms with Gasteiger partial charge in [-0.3, -0.25) is 37.3 Å². The molecule has 0 rings (SSSR count). The van der Waals surface area contributed by atoms with Crippen molar-refractivity contribution in [2.75, 3.05) is 39.6 Å². The van der Waals surface area contributed by atoms with Crippen molar-refractivity contribution in [1.82, 2.24) is 0 Å². The molecule has 0 saturated carbocycles. The molecule has 0 aliphatic carbocycles. The summed E-state index contributed by atoms with van der Waals surface area (Å²) in [6.07, 6.45) is 57.2. The Morgan fingerprint density at radius 1 is 0.302 bits per heavy atom. The average Bonchev–Trinajstić information content (AvgIpc) is 1.21. The maximum Gasteiger partial charge on any atom is 0.472 e. The summed E-state index contributed by atoms with van der Waals surface area (Å²) in [5.41, 5.74) is 0. The number of aliphatic hydroxyl groups excluding tert-OH is 1. The van der Waals surface area contributed by atoms with E-state index in [0.717, 1.165) is 115 Å². The Balaban J connectivity index is 5.17. The predicted molar refractivity (Wildman–Crippen MR) is 391 cm³/mol. The van der Waals surface area contributed by atoms with Crippen molar-refractivity contribution in [3.8, 4) is 0 Å². The topological polar surface area (TPSA) is 237 Å². The lowest BCUT2D eigenvalue weighted by Crippen LogP contribution is -2.30. The first-order valence-corrected chi connectivity index (χ1v) is 43.0. The highest BCUT2D eigenvalue weighted by molar-refractivity contribution is 7.47. The van der Waals surface area contributed by atoms with Gasteiger partial charge in [0.15, 0.2) is 12.2 Å². The molecule has 19 heteroatoms. The smallest absolute Gasteiger partial charge is 0.462 e. The van der Waals surface area contributed by atoms with E-state index in [1.807, 2.05) is 0 Å². The molecule has 17 nitrogen and oxygen atoms in total. The lowest BCUT2D eigenvalue weighted by molar-refractivity contribution is -0.161. The first kappa shape index (κ1) is 94.1. The standard InChI is InChI=1S/C77H150O17P2/c1-7-10-12-14-16-17-18-19-20-21-22-23-24-25-30-33-36-43-49-55-61-76(81)93-73(66-88-75(80)60-54-48-42-35-32-29-27-26-28-31-34-41-46-52-58-70(6)9-3)68-92-96(85,86)90-64-71(78)63-89-95(83,84)91-67-72(65-87-74(79)59-53-47-39-15-13-11-8-2)94-77(82)62-56-50-44-38-37-40-45-51-57-69(4)5/h69-73,78H,7-68H2,1-6H3,(H,83,84)(H,85,86)/t70?,71-,72+,73+/m0/s1. The molecule has 96 heavy (non-hydrogen) atoms. The molecule has 0 bridgehead atoms. The number of carbonyl (C=O) groups is 4. The van der Waals surface area contributed by atoms with E-state index in [4.69, 9.17) is 37.0 Å².